The fraction of sp³-hybridized carbons (Fsp3) is 0.0851. The number of fused-ring (bicyclic) bond motifs is 7. The number of aromatic nitrogens is 3. The molecular weight excluding hydrogens is 651 g/mol. The Labute approximate surface area is 304 Å². The summed E-state index contributed by atoms with van der Waals surface area (Å²) in [6.45, 7) is 6.81. The van der Waals surface area contributed by atoms with Gasteiger partial charge in [-0.2, -0.15) is 0 Å². The quantitative estimate of drug-likeness (QED) is 0.134. The van der Waals surface area contributed by atoms with Crippen LogP contribution in [0, 0.1) is 6.92 Å². The minimum Gasteiger partial charge on any atom is -0.457 e. The molecule has 0 radical (unpaired) electrons. The molecule has 0 saturated heterocycles. The molecule has 9 aromatic rings. The number of nitrogens with zero attached hydrogens (tertiary/aromatic N) is 3. The normalized spacial score (nSPS) is 13.6. The Morgan fingerprint density at radius 2 is 1.21 bits per heavy atom. The molecule has 3 heterocycles. The molecule has 0 bridgehead atoms. The molecule has 5 heteroatoms. The van der Waals surface area contributed by atoms with Crippen molar-refractivity contribution in [3.8, 4) is 17.2 Å². The van der Waals surface area contributed by atoms with Crippen molar-refractivity contribution in [3.63, 3.8) is 0 Å². The van der Waals surface area contributed by atoms with E-state index in [0.29, 0.717) is 0 Å². The summed E-state index contributed by atoms with van der Waals surface area (Å²) in [6, 6.07) is 61.9. The molecule has 52 heavy (non-hydrogen) atoms. The second kappa shape index (κ2) is 11.4. The number of aryl methyl sites for hydroxylation is 1. The van der Waals surface area contributed by atoms with Gasteiger partial charge in [0.2, 0.25) is 5.78 Å². The topological polar surface area (TPSA) is 31.5 Å². The smallest absolute Gasteiger partial charge is 0.220 e. The van der Waals surface area contributed by atoms with Crippen LogP contribution in [0.2, 0.25) is 0 Å². The summed E-state index contributed by atoms with van der Waals surface area (Å²) >= 11 is 0. The van der Waals surface area contributed by atoms with Gasteiger partial charge in [-0.1, -0.05) is 141 Å². The maximum absolute atomic E-state index is 7.10. The highest BCUT2D eigenvalue weighted by Crippen LogP contribution is 2.47. The molecule has 1 aliphatic rings. The van der Waals surface area contributed by atoms with Gasteiger partial charge in [-0.3, -0.25) is 8.97 Å². The SMILES string of the molecule is Cc1ccc2c(c1)n(-c1cccc([Si](c3ccccc3)(c3ccccc3)c3cccc4c3Oc3ccccc3C4(C)C)c1)c1nc3ccccc3n21. The van der Waals surface area contributed by atoms with Gasteiger partial charge in [-0.15, -0.1) is 0 Å². The van der Waals surface area contributed by atoms with Gasteiger partial charge in [0.05, 0.1) is 22.1 Å². The first-order chi connectivity index (χ1) is 25.5. The van der Waals surface area contributed by atoms with Crippen LogP contribution in [-0.4, -0.2) is 22.0 Å². The number of hydrogen-bond acceptors (Lipinski definition) is 2. The molecule has 0 unspecified atom stereocenters. The lowest BCUT2D eigenvalue weighted by molar-refractivity contribution is 0.421. The minimum absolute atomic E-state index is 0.244. The predicted octanol–water partition coefficient (Wildman–Crippen LogP) is 8.55. The van der Waals surface area contributed by atoms with Crippen molar-refractivity contribution in [2.75, 3.05) is 0 Å². The molecule has 4 nitrogen and oxygen atoms in total. The molecule has 0 aliphatic carbocycles. The zero-order chi connectivity index (χ0) is 35.0. The monoisotopic (exact) mass is 687 g/mol. The largest absolute Gasteiger partial charge is 0.457 e. The molecule has 0 saturated carbocycles. The number of benzene rings is 7. The van der Waals surface area contributed by atoms with Gasteiger partial charge >= 0.3 is 0 Å². The van der Waals surface area contributed by atoms with Gasteiger partial charge in [-0.25, -0.2) is 4.98 Å². The summed E-state index contributed by atoms with van der Waals surface area (Å²) in [5, 5.41) is 5.13. The van der Waals surface area contributed by atoms with Crippen LogP contribution in [0.15, 0.2) is 170 Å². The molecule has 0 spiro atoms. The molecule has 0 atom stereocenters. The molecule has 250 valence electrons. The summed E-state index contributed by atoms with van der Waals surface area (Å²) in [4.78, 5) is 5.24. The van der Waals surface area contributed by atoms with Crippen molar-refractivity contribution in [2.24, 2.45) is 0 Å². The molecule has 0 amide bonds. The zero-order valence-electron chi connectivity index (χ0n) is 29.4. The first kappa shape index (κ1) is 30.6. The van der Waals surface area contributed by atoms with Gasteiger partial charge in [0, 0.05) is 22.2 Å². The van der Waals surface area contributed by atoms with E-state index in [1.165, 1.54) is 37.4 Å². The summed E-state index contributed by atoms with van der Waals surface area (Å²) in [7, 11) is -3.05. The molecule has 7 aromatic carbocycles. The van der Waals surface area contributed by atoms with Gasteiger partial charge in [-0.05, 0) is 75.7 Å². The Hall–Kier alpha value is -6.17. The van der Waals surface area contributed by atoms with Gasteiger partial charge in [0.15, 0.2) is 8.07 Å². The van der Waals surface area contributed by atoms with Crippen LogP contribution < -0.4 is 25.5 Å². The van der Waals surface area contributed by atoms with Crippen molar-refractivity contribution in [1.29, 1.82) is 0 Å². The third-order valence-corrected chi connectivity index (χ3v) is 15.9. The van der Waals surface area contributed by atoms with Crippen LogP contribution in [0.3, 0.4) is 0 Å². The van der Waals surface area contributed by atoms with Crippen LogP contribution >= 0.6 is 0 Å². The number of para-hydroxylation sites is 4. The summed E-state index contributed by atoms with van der Waals surface area (Å²) in [5.41, 5.74) is 8.83. The highest BCUT2D eigenvalue weighted by atomic mass is 28.3. The van der Waals surface area contributed by atoms with Crippen LogP contribution in [0.1, 0.15) is 30.5 Å². The van der Waals surface area contributed by atoms with Crippen LogP contribution in [-0.2, 0) is 5.41 Å². The van der Waals surface area contributed by atoms with Crippen molar-refractivity contribution < 1.29 is 4.74 Å². The summed E-state index contributed by atoms with van der Waals surface area (Å²) < 4.78 is 11.7. The first-order valence-electron chi connectivity index (χ1n) is 18.0. The van der Waals surface area contributed by atoms with E-state index in [0.717, 1.165) is 45.0 Å². The number of rotatable bonds is 5. The number of ether oxygens (including phenoxy) is 1. The Bertz CT molecular complexity index is 2780. The minimum atomic E-state index is -3.05. The van der Waals surface area contributed by atoms with Crippen molar-refractivity contribution in [1.82, 2.24) is 14.0 Å². The lowest BCUT2D eigenvalue weighted by Gasteiger charge is -2.40. The fourth-order valence-electron chi connectivity index (χ4n) is 8.75. The fourth-order valence-corrected chi connectivity index (χ4v) is 13.6. The Kier molecular flexibility index (Phi) is 6.73. The molecular formula is C47H37N3OSi. The molecule has 2 aromatic heterocycles. The number of hydrogen-bond donors (Lipinski definition) is 0. The maximum atomic E-state index is 7.10. The summed E-state index contributed by atoms with van der Waals surface area (Å²) in [5.74, 6) is 2.80. The van der Waals surface area contributed by atoms with E-state index < -0.39 is 8.07 Å². The summed E-state index contributed by atoms with van der Waals surface area (Å²) in [6.07, 6.45) is 0. The Morgan fingerprint density at radius 3 is 2.00 bits per heavy atom. The second-order valence-corrected chi connectivity index (χ2v) is 18.3. The Morgan fingerprint density at radius 1 is 0.558 bits per heavy atom. The molecule has 0 N–H and O–H groups in total. The zero-order valence-corrected chi connectivity index (χ0v) is 30.4. The molecule has 0 fully saturated rings. The van der Waals surface area contributed by atoms with Gasteiger partial charge in [0.25, 0.3) is 0 Å². The van der Waals surface area contributed by atoms with Gasteiger partial charge < -0.3 is 4.74 Å². The second-order valence-electron chi connectivity index (χ2n) is 14.5. The van der Waals surface area contributed by atoms with E-state index in [-0.39, 0.29) is 5.41 Å². The van der Waals surface area contributed by atoms with Crippen molar-refractivity contribution in [2.45, 2.75) is 26.2 Å². The average Bonchev–Trinajstić information content (AvgIpc) is 3.70. The third-order valence-electron chi connectivity index (χ3n) is 11.2. The lowest BCUT2D eigenvalue weighted by Crippen LogP contribution is -2.75. The third kappa shape index (κ3) is 4.29. The molecule has 10 rings (SSSR count). The van der Waals surface area contributed by atoms with E-state index >= 15 is 0 Å². The van der Waals surface area contributed by atoms with Crippen LogP contribution in [0.4, 0.5) is 0 Å². The van der Waals surface area contributed by atoms with E-state index in [4.69, 9.17) is 9.72 Å². The van der Waals surface area contributed by atoms with Crippen molar-refractivity contribution >= 4 is 56.7 Å². The highest BCUT2D eigenvalue weighted by Gasteiger charge is 2.46. The lowest BCUT2D eigenvalue weighted by atomic mass is 9.76. The maximum Gasteiger partial charge on any atom is 0.220 e. The standard InChI is InChI=1S/C47H37N3OSi/c1-32-28-29-41-42(30-32)49(46-48-39-24-11-12-25-40(39)50(41)46)33-16-14-21-36(31-33)52(34-17-6-4-7-18-34,35-19-8-5-9-20-35)44-27-15-23-38-45(44)51-43-26-13-10-22-37(43)47(38,2)3/h4-31H,1-3H3. The first-order valence-corrected chi connectivity index (χ1v) is 20.0. The van der Waals surface area contributed by atoms with Crippen molar-refractivity contribution in [3.05, 3.63) is 187 Å². The molecule has 1 aliphatic heterocycles. The van der Waals surface area contributed by atoms with E-state index in [9.17, 15) is 0 Å². The van der Waals surface area contributed by atoms with E-state index in [1.807, 2.05) is 0 Å². The highest BCUT2D eigenvalue weighted by molar-refractivity contribution is 7.20. The van der Waals surface area contributed by atoms with E-state index in [1.54, 1.807) is 0 Å². The predicted molar refractivity (Wildman–Crippen MR) is 217 cm³/mol. The Balaban J connectivity index is 1.31. The van der Waals surface area contributed by atoms with Gasteiger partial charge in [0.1, 0.15) is 11.5 Å². The average molecular weight is 688 g/mol. The van der Waals surface area contributed by atoms with Crippen LogP contribution in [0.25, 0.3) is 33.5 Å². The number of imidazole rings is 2. The van der Waals surface area contributed by atoms with Crippen LogP contribution in [0.5, 0.6) is 11.5 Å². The van der Waals surface area contributed by atoms with E-state index in [2.05, 4.69) is 200 Å².